The molecule has 0 heterocycles. The lowest BCUT2D eigenvalue weighted by atomic mass is 10.1. The molecule has 0 aromatic heterocycles. The van der Waals surface area contributed by atoms with E-state index in [-0.39, 0.29) is 29.5 Å². The highest BCUT2D eigenvalue weighted by atomic mass is 16.6. The van der Waals surface area contributed by atoms with E-state index in [1.54, 1.807) is 38.4 Å². The fourth-order valence-electron chi connectivity index (χ4n) is 2.13. The molecular formula is C17H19N3O5. The van der Waals surface area contributed by atoms with Crippen LogP contribution in [-0.4, -0.2) is 43.0 Å². The van der Waals surface area contributed by atoms with Crippen molar-refractivity contribution < 1.29 is 19.2 Å². The molecule has 132 valence electrons. The van der Waals surface area contributed by atoms with Gasteiger partial charge < -0.3 is 20.1 Å². The largest absolute Gasteiger partial charge is 0.497 e. The Labute approximate surface area is 144 Å². The molecule has 2 N–H and O–H groups in total. The maximum atomic E-state index is 12.3. The molecule has 0 fully saturated rings. The van der Waals surface area contributed by atoms with E-state index in [0.717, 1.165) is 5.75 Å². The SMILES string of the molecule is COc1ccc(OCCN(C)C(=O)c2ccc(N)c([N+](=O)[O-])c2)cc1. The average molecular weight is 345 g/mol. The molecule has 1 amide bonds. The number of nitrogens with zero attached hydrogens (tertiary/aromatic N) is 2. The number of nitrogen functional groups attached to an aromatic ring is 1. The molecule has 2 aromatic rings. The predicted octanol–water partition coefficient (Wildman–Crippen LogP) is 2.34. The molecule has 0 bridgehead atoms. The summed E-state index contributed by atoms with van der Waals surface area (Å²) in [5, 5.41) is 10.9. The van der Waals surface area contributed by atoms with Crippen molar-refractivity contribution in [3.05, 3.63) is 58.1 Å². The standard InChI is InChI=1S/C17H19N3O5/c1-19(9-10-25-14-6-4-13(24-2)5-7-14)17(21)12-3-8-15(18)16(11-12)20(22)23/h3-8,11H,9-10,18H2,1-2H3. The van der Waals surface area contributed by atoms with Gasteiger partial charge in [0, 0.05) is 18.7 Å². The van der Waals surface area contributed by atoms with E-state index in [9.17, 15) is 14.9 Å². The molecule has 25 heavy (non-hydrogen) atoms. The highest BCUT2D eigenvalue weighted by Gasteiger charge is 2.18. The molecule has 2 rings (SSSR count). The summed E-state index contributed by atoms with van der Waals surface area (Å²) >= 11 is 0. The minimum absolute atomic E-state index is 0.0204. The number of methoxy groups -OCH3 is 1. The summed E-state index contributed by atoms with van der Waals surface area (Å²) in [4.78, 5) is 24.1. The van der Waals surface area contributed by atoms with E-state index in [1.165, 1.54) is 23.1 Å². The zero-order valence-electron chi connectivity index (χ0n) is 14.0. The Balaban J connectivity index is 1.93. The fraction of sp³-hybridized carbons (Fsp3) is 0.235. The molecule has 8 heteroatoms. The van der Waals surface area contributed by atoms with Crippen LogP contribution in [0.2, 0.25) is 0 Å². The molecule has 0 aliphatic rings. The van der Waals surface area contributed by atoms with Crippen LogP contribution in [0.3, 0.4) is 0 Å². The van der Waals surface area contributed by atoms with Gasteiger partial charge in [0.1, 0.15) is 23.8 Å². The molecule has 0 unspecified atom stereocenters. The van der Waals surface area contributed by atoms with Gasteiger partial charge in [-0.3, -0.25) is 14.9 Å². The summed E-state index contributed by atoms with van der Waals surface area (Å²) in [6.45, 7) is 0.606. The van der Waals surface area contributed by atoms with Crippen LogP contribution in [-0.2, 0) is 0 Å². The third kappa shape index (κ3) is 4.60. The minimum Gasteiger partial charge on any atom is -0.497 e. The Morgan fingerprint density at radius 3 is 2.44 bits per heavy atom. The van der Waals surface area contributed by atoms with Crippen molar-refractivity contribution >= 4 is 17.3 Å². The number of carbonyl (C=O) groups excluding carboxylic acids is 1. The van der Waals surface area contributed by atoms with Crippen molar-refractivity contribution in [3.63, 3.8) is 0 Å². The van der Waals surface area contributed by atoms with Gasteiger partial charge in [-0.15, -0.1) is 0 Å². The van der Waals surface area contributed by atoms with Gasteiger partial charge >= 0.3 is 0 Å². The molecule has 8 nitrogen and oxygen atoms in total. The molecule has 0 radical (unpaired) electrons. The van der Waals surface area contributed by atoms with Gasteiger partial charge in [-0.05, 0) is 36.4 Å². The number of benzene rings is 2. The van der Waals surface area contributed by atoms with Crippen LogP contribution in [0.25, 0.3) is 0 Å². The summed E-state index contributed by atoms with van der Waals surface area (Å²) in [5.41, 5.74) is 5.47. The van der Waals surface area contributed by atoms with Crippen molar-refractivity contribution in [2.24, 2.45) is 0 Å². The first-order valence-electron chi connectivity index (χ1n) is 7.48. The number of nitro benzene ring substituents is 1. The first-order chi connectivity index (χ1) is 11.9. The highest BCUT2D eigenvalue weighted by molar-refractivity contribution is 5.95. The lowest BCUT2D eigenvalue weighted by Gasteiger charge is -2.17. The molecule has 0 spiro atoms. The fourth-order valence-corrected chi connectivity index (χ4v) is 2.13. The monoisotopic (exact) mass is 345 g/mol. The summed E-state index contributed by atoms with van der Waals surface area (Å²) in [7, 11) is 3.18. The number of amides is 1. The van der Waals surface area contributed by atoms with Crippen LogP contribution in [0.15, 0.2) is 42.5 Å². The van der Waals surface area contributed by atoms with Gasteiger partial charge in [0.05, 0.1) is 18.6 Å². The second-order valence-electron chi connectivity index (χ2n) is 5.28. The van der Waals surface area contributed by atoms with Crippen molar-refractivity contribution in [1.82, 2.24) is 4.90 Å². The Morgan fingerprint density at radius 1 is 1.20 bits per heavy atom. The Morgan fingerprint density at radius 2 is 1.84 bits per heavy atom. The summed E-state index contributed by atoms with van der Waals surface area (Å²) in [6, 6.07) is 11.1. The van der Waals surface area contributed by atoms with Gasteiger partial charge in [-0.2, -0.15) is 0 Å². The van der Waals surface area contributed by atoms with Gasteiger partial charge in [0.25, 0.3) is 11.6 Å². The zero-order chi connectivity index (χ0) is 18.4. The Kier molecular flexibility index (Phi) is 5.78. The van der Waals surface area contributed by atoms with E-state index in [4.69, 9.17) is 15.2 Å². The third-order valence-electron chi connectivity index (χ3n) is 3.58. The van der Waals surface area contributed by atoms with Crippen LogP contribution >= 0.6 is 0 Å². The van der Waals surface area contributed by atoms with Gasteiger partial charge in [-0.1, -0.05) is 0 Å². The van der Waals surface area contributed by atoms with E-state index in [1.807, 2.05) is 0 Å². The number of nitro groups is 1. The second kappa shape index (κ2) is 8.00. The Hall–Kier alpha value is -3.29. The lowest BCUT2D eigenvalue weighted by Crippen LogP contribution is -2.30. The molecule has 0 saturated carbocycles. The molecule has 2 aromatic carbocycles. The molecule has 0 saturated heterocycles. The highest BCUT2D eigenvalue weighted by Crippen LogP contribution is 2.23. The van der Waals surface area contributed by atoms with E-state index in [2.05, 4.69) is 0 Å². The number of anilines is 1. The van der Waals surface area contributed by atoms with Gasteiger partial charge in [0.2, 0.25) is 0 Å². The second-order valence-corrected chi connectivity index (χ2v) is 5.28. The first kappa shape index (κ1) is 18.1. The summed E-state index contributed by atoms with van der Waals surface area (Å²) < 4.78 is 10.6. The topological polar surface area (TPSA) is 108 Å². The lowest BCUT2D eigenvalue weighted by molar-refractivity contribution is -0.383. The van der Waals surface area contributed by atoms with Crippen LogP contribution < -0.4 is 15.2 Å². The summed E-state index contributed by atoms with van der Waals surface area (Å²) in [6.07, 6.45) is 0. The average Bonchev–Trinajstić information content (AvgIpc) is 2.61. The van der Waals surface area contributed by atoms with Crippen molar-refractivity contribution in [1.29, 1.82) is 0 Å². The van der Waals surface area contributed by atoms with Crippen LogP contribution in [0.1, 0.15) is 10.4 Å². The van der Waals surface area contributed by atoms with E-state index in [0.29, 0.717) is 12.3 Å². The number of hydrogen-bond acceptors (Lipinski definition) is 6. The number of nitrogens with two attached hydrogens (primary N) is 1. The van der Waals surface area contributed by atoms with Gasteiger partial charge in [0.15, 0.2) is 0 Å². The van der Waals surface area contributed by atoms with Crippen molar-refractivity contribution in [2.75, 3.05) is 33.0 Å². The minimum atomic E-state index is -0.612. The normalized spacial score (nSPS) is 10.2. The molecular weight excluding hydrogens is 326 g/mol. The third-order valence-corrected chi connectivity index (χ3v) is 3.58. The zero-order valence-corrected chi connectivity index (χ0v) is 14.0. The Bertz CT molecular complexity index is 761. The number of carbonyl (C=O) groups is 1. The first-order valence-corrected chi connectivity index (χ1v) is 7.48. The number of ether oxygens (including phenoxy) is 2. The number of hydrogen-bond donors (Lipinski definition) is 1. The van der Waals surface area contributed by atoms with Crippen LogP contribution in [0, 0.1) is 10.1 Å². The van der Waals surface area contributed by atoms with Crippen molar-refractivity contribution in [2.45, 2.75) is 0 Å². The van der Waals surface area contributed by atoms with Crippen molar-refractivity contribution in [3.8, 4) is 11.5 Å². The van der Waals surface area contributed by atoms with Gasteiger partial charge in [-0.25, -0.2) is 0 Å². The maximum absolute atomic E-state index is 12.3. The molecule has 0 aliphatic carbocycles. The summed E-state index contributed by atoms with van der Waals surface area (Å²) in [5.74, 6) is 1.04. The number of rotatable bonds is 7. The van der Waals surface area contributed by atoms with Crippen LogP contribution in [0.5, 0.6) is 11.5 Å². The molecule has 0 aliphatic heterocycles. The van der Waals surface area contributed by atoms with E-state index < -0.39 is 4.92 Å². The smallest absolute Gasteiger partial charge is 0.292 e. The quantitative estimate of drug-likeness (QED) is 0.469. The van der Waals surface area contributed by atoms with E-state index >= 15 is 0 Å². The predicted molar refractivity (Wildman–Crippen MR) is 93.0 cm³/mol. The number of likely N-dealkylation sites (N-methyl/N-ethyl adjacent to an activating group) is 1. The molecule has 0 atom stereocenters. The maximum Gasteiger partial charge on any atom is 0.292 e. The van der Waals surface area contributed by atoms with Crippen LogP contribution in [0.4, 0.5) is 11.4 Å².